The zero-order valence-corrected chi connectivity index (χ0v) is 12.1. The van der Waals surface area contributed by atoms with Crippen LogP contribution in [0.1, 0.15) is 39.2 Å². The molecule has 0 saturated carbocycles. The Balaban J connectivity index is 3.04. The highest BCUT2D eigenvalue weighted by molar-refractivity contribution is 6.02. The highest BCUT2D eigenvalue weighted by Gasteiger charge is 2.15. The van der Waals surface area contributed by atoms with Crippen LogP contribution in [0.2, 0.25) is 0 Å². The van der Waals surface area contributed by atoms with Crippen LogP contribution in [0.4, 0.5) is 5.69 Å². The smallest absolute Gasteiger partial charge is 0.172 e. The maximum Gasteiger partial charge on any atom is 0.172 e. The van der Waals surface area contributed by atoms with Crippen molar-refractivity contribution in [3.63, 3.8) is 0 Å². The molecular formula is C15H25N3O. The SMILES string of the molecule is CCC(CC)CN(CC)c1ccccc1C(N)=NO. The molecule has 0 aliphatic carbocycles. The van der Waals surface area contributed by atoms with Gasteiger partial charge in [-0.2, -0.15) is 0 Å². The Kier molecular flexibility index (Phi) is 6.19. The fourth-order valence-electron chi connectivity index (χ4n) is 2.28. The summed E-state index contributed by atoms with van der Waals surface area (Å²) in [6.07, 6.45) is 2.33. The van der Waals surface area contributed by atoms with Crippen molar-refractivity contribution in [3.8, 4) is 0 Å². The van der Waals surface area contributed by atoms with Crippen molar-refractivity contribution in [2.24, 2.45) is 16.8 Å². The molecule has 4 nitrogen and oxygen atoms in total. The third-order valence-electron chi connectivity index (χ3n) is 3.64. The number of oxime groups is 1. The van der Waals surface area contributed by atoms with Crippen molar-refractivity contribution in [2.75, 3.05) is 18.0 Å². The number of hydrogen-bond donors (Lipinski definition) is 2. The van der Waals surface area contributed by atoms with Crippen molar-refractivity contribution in [2.45, 2.75) is 33.6 Å². The fourth-order valence-corrected chi connectivity index (χ4v) is 2.28. The van der Waals surface area contributed by atoms with Gasteiger partial charge in [0.05, 0.1) is 0 Å². The van der Waals surface area contributed by atoms with Gasteiger partial charge in [0, 0.05) is 24.3 Å². The summed E-state index contributed by atoms with van der Waals surface area (Å²) >= 11 is 0. The van der Waals surface area contributed by atoms with E-state index in [4.69, 9.17) is 10.9 Å². The van der Waals surface area contributed by atoms with E-state index in [0.717, 1.165) is 24.3 Å². The number of rotatable bonds is 7. The Hall–Kier alpha value is -1.71. The standard InChI is InChI=1S/C15H25N3O/c1-4-12(5-2)11-18(6-3)14-10-8-7-9-13(14)15(16)17-19/h7-10,12,19H,4-6,11H2,1-3H3,(H2,16,17). The molecule has 0 aromatic heterocycles. The molecule has 0 unspecified atom stereocenters. The predicted molar refractivity (Wildman–Crippen MR) is 80.9 cm³/mol. The molecule has 0 spiro atoms. The molecule has 1 rings (SSSR count). The second kappa shape index (κ2) is 7.67. The molecule has 3 N–H and O–H groups in total. The number of para-hydroxylation sites is 1. The Bertz CT molecular complexity index is 414. The summed E-state index contributed by atoms with van der Waals surface area (Å²) in [5.74, 6) is 0.832. The maximum atomic E-state index is 8.89. The van der Waals surface area contributed by atoms with Gasteiger partial charge in [-0.15, -0.1) is 0 Å². The molecule has 0 saturated heterocycles. The van der Waals surface area contributed by atoms with Crippen molar-refractivity contribution < 1.29 is 5.21 Å². The van der Waals surface area contributed by atoms with Gasteiger partial charge in [-0.1, -0.05) is 44.0 Å². The number of nitrogens with zero attached hydrogens (tertiary/aromatic N) is 2. The molecule has 0 aliphatic heterocycles. The van der Waals surface area contributed by atoms with Gasteiger partial charge in [0.15, 0.2) is 5.84 Å². The monoisotopic (exact) mass is 263 g/mol. The maximum absolute atomic E-state index is 8.89. The molecule has 106 valence electrons. The van der Waals surface area contributed by atoms with E-state index in [0.29, 0.717) is 5.92 Å². The van der Waals surface area contributed by atoms with E-state index >= 15 is 0 Å². The zero-order valence-electron chi connectivity index (χ0n) is 12.1. The quantitative estimate of drug-likeness (QED) is 0.344. The molecule has 1 aromatic carbocycles. The lowest BCUT2D eigenvalue weighted by atomic mass is 10.0. The minimum absolute atomic E-state index is 0.165. The number of nitrogens with two attached hydrogens (primary N) is 1. The van der Waals surface area contributed by atoms with E-state index in [1.165, 1.54) is 12.8 Å². The molecule has 1 aromatic rings. The van der Waals surface area contributed by atoms with Crippen LogP contribution in [0.15, 0.2) is 29.4 Å². The van der Waals surface area contributed by atoms with E-state index in [9.17, 15) is 0 Å². The zero-order chi connectivity index (χ0) is 14.3. The molecule has 0 amide bonds. The lowest BCUT2D eigenvalue weighted by Crippen LogP contribution is -2.31. The first kappa shape index (κ1) is 15.3. The first-order valence-electron chi connectivity index (χ1n) is 6.99. The Labute approximate surface area is 115 Å². The summed E-state index contributed by atoms with van der Waals surface area (Å²) in [6.45, 7) is 8.48. The average Bonchev–Trinajstić information content (AvgIpc) is 2.48. The van der Waals surface area contributed by atoms with E-state index in [1.54, 1.807) is 0 Å². The van der Waals surface area contributed by atoms with Crippen LogP contribution in [0, 0.1) is 5.92 Å². The van der Waals surface area contributed by atoms with Crippen LogP contribution < -0.4 is 10.6 Å². The number of amidine groups is 1. The van der Waals surface area contributed by atoms with E-state index < -0.39 is 0 Å². The lowest BCUT2D eigenvalue weighted by Gasteiger charge is -2.29. The number of anilines is 1. The van der Waals surface area contributed by atoms with Crippen LogP contribution in [0.25, 0.3) is 0 Å². The summed E-state index contributed by atoms with van der Waals surface area (Å²) in [5.41, 5.74) is 7.58. The second-order valence-corrected chi connectivity index (χ2v) is 4.72. The predicted octanol–water partition coefficient (Wildman–Crippen LogP) is 3.04. The second-order valence-electron chi connectivity index (χ2n) is 4.72. The molecule has 19 heavy (non-hydrogen) atoms. The molecule has 0 radical (unpaired) electrons. The summed E-state index contributed by atoms with van der Waals surface area (Å²) in [5, 5.41) is 12.0. The van der Waals surface area contributed by atoms with Gasteiger partial charge in [-0.25, -0.2) is 0 Å². The van der Waals surface area contributed by atoms with Gasteiger partial charge >= 0.3 is 0 Å². The largest absolute Gasteiger partial charge is 0.409 e. The summed E-state index contributed by atoms with van der Waals surface area (Å²) in [4.78, 5) is 2.30. The highest BCUT2D eigenvalue weighted by Crippen LogP contribution is 2.22. The van der Waals surface area contributed by atoms with Crippen molar-refractivity contribution in [1.82, 2.24) is 0 Å². The summed E-state index contributed by atoms with van der Waals surface area (Å²) in [6, 6.07) is 7.81. The Morgan fingerprint density at radius 3 is 2.42 bits per heavy atom. The third-order valence-corrected chi connectivity index (χ3v) is 3.64. The fraction of sp³-hybridized carbons (Fsp3) is 0.533. The van der Waals surface area contributed by atoms with E-state index in [1.807, 2.05) is 24.3 Å². The minimum atomic E-state index is 0.165. The molecular weight excluding hydrogens is 238 g/mol. The van der Waals surface area contributed by atoms with Gasteiger partial charge in [-0.05, 0) is 25.0 Å². The van der Waals surface area contributed by atoms with Crippen LogP contribution in [-0.2, 0) is 0 Å². The highest BCUT2D eigenvalue weighted by atomic mass is 16.4. The molecule has 0 aliphatic rings. The van der Waals surface area contributed by atoms with Gasteiger partial charge in [-0.3, -0.25) is 0 Å². The van der Waals surface area contributed by atoms with Gasteiger partial charge in [0.2, 0.25) is 0 Å². The first-order valence-corrected chi connectivity index (χ1v) is 6.99. The average molecular weight is 263 g/mol. The normalized spacial score (nSPS) is 11.9. The van der Waals surface area contributed by atoms with Gasteiger partial charge < -0.3 is 15.8 Å². The molecule has 0 heterocycles. The lowest BCUT2D eigenvalue weighted by molar-refractivity contribution is 0.318. The molecule has 0 atom stereocenters. The number of benzene rings is 1. The van der Waals surface area contributed by atoms with Crippen LogP contribution >= 0.6 is 0 Å². The van der Waals surface area contributed by atoms with Crippen LogP contribution in [0.3, 0.4) is 0 Å². The van der Waals surface area contributed by atoms with Crippen molar-refractivity contribution in [3.05, 3.63) is 29.8 Å². The van der Waals surface area contributed by atoms with E-state index in [2.05, 4.69) is 30.8 Å². The number of hydrogen-bond acceptors (Lipinski definition) is 3. The molecule has 0 fully saturated rings. The van der Waals surface area contributed by atoms with Crippen molar-refractivity contribution in [1.29, 1.82) is 0 Å². The molecule has 0 bridgehead atoms. The van der Waals surface area contributed by atoms with Gasteiger partial charge in [0.25, 0.3) is 0 Å². The van der Waals surface area contributed by atoms with Gasteiger partial charge in [0.1, 0.15) is 0 Å². The molecule has 4 heteroatoms. The van der Waals surface area contributed by atoms with E-state index in [-0.39, 0.29) is 5.84 Å². The summed E-state index contributed by atoms with van der Waals surface area (Å²) < 4.78 is 0. The Morgan fingerprint density at radius 2 is 1.89 bits per heavy atom. The summed E-state index contributed by atoms with van der Waals surface area (Å²) in [7, 11) is 0. The van der Waals surface area contributed by atoms with Crippen LogP contribution in [0.5, 0.6) is 0 Å². The van der Waals surface area contributed by atoms with Crippen molar-refractivity contribution >= 4 is 11.5 Å². The Morgan fingerprint density at radius 1 is 1.26 bits per heavy atom. The van der Waals surface area contributed by atoms with Crippen LogP contribution in [-0.4, -0.2) is 24.1 Å². The third kappa shape index (κ3) is 3.88. The first-order chi connectivity index (χ1) is 9.17. The topological polar surface area (TPSA) is 61.8 Å². The minimum Gasteiger partial charge on any atom is -0.409 e.